The molecular formula is C27H35N3O3. The van der Waals surface area contributed by atoms with Gasteiger partial charge in [-0.25, -0.2) is 0 Å². The van der Waals surface area contributed by atoms with Crippen molar-refractivity contribution in [2.24, 2.45) is 5.92 Å². The molecule has 0 bridgehead atoms. The number of fused-ring (bicyclic) bond motifs is 1. The Balaban J connectivity index is 1.76. The first-order chi connectivity index (χ1) is 15.7. The molecule has 1 aliphatic rings. The SMILES string of the molecule is CCN1/C(=C/C=C/CC(C)(C)c2cc([N+](=O)[O-])ccc2NCCC(C)C)Oc2ccccc21. The lowest BCUT2D eigenvalue weighted by molar-refractivity contribution is -0.384. The molecule has 0 unspecified atom stereocenters. The minimum atomic E-state index is -0.327. The average Bonchev–Trinajstić information content (AvgIpc) is 3.13. The minimum absolute atomic E-state index is 0.120. The van der Waals surface area contributed by atoms with Crippen LogP contribution in [0.15, 0.2) is 66.6 Å². The lowest BCUT2D eigenvalue weighted by atomic mass is 9.80. The second-order valence-corrected chi connectivity index (χ2v) is 9.43. The van der Waals surface area contributed by atoms with E-state index in [1.165, 1.54) is 0 Å². The Morgan fingerprint density at radius 2 is 1.97 bits per heavy atom. The number of anilines is 2. The summed E-state index contributed by atoms with van der Waals surface area (Å²) in [5, 5.41) is 14.9. The van der Waals surface area contributed by atoms with E-state index in [1.807, 2.05) is 36.4 Å². The van der Waals surface area contributed by atoms with E-state index in [0.29, 0.717) is 5.92 Å². The van der Waals surface area contributed by atoms with Crippen LogP contribution in [0.4, 0.5) is 17.1 Å². The van der Waals surface area contributed by atoms with Crippen molar-refractivity contribution < 1.29 is 9.66 Å². The van der Waals surface area contributed by atoms with E-state index < -0.39 is 0 Å². The highest BCUT2D eigenvalue weighted by molar-refractivity contribution is 5.66. The molecule has 6 nitrogen and oxygen atoms in total. The second-order valence-electron chi connectivity index (χ2n) is 9.43. The molecule has 33 heavy (non-hydrogen) atoms. The van der Waals surface area contributed by atoms with Gasteiger partial charge in [0, 0.05) is 30.9 Å². The molecule has 0 atom stereocenters. The van der Waals surface area contributed by atoms with Crippen molar-refractivity contribution in [2.75, 3.05) is 23.3 Å². The van der Waals surface area contributed by atoms with Crippen molar-refractivity contribution in [3.05, 3.63) is 82.3 Å². The van der Waals surface area contributed by atoms with Crippen molar-refractivity contribution in [2.45, 2.75) is 52.9 Å². The molecule has 0 saturated heterocycles. The highest BCUT2D eigenvalue weighted by Crippen LogP contribution is 2.39. The first kappa shape index (κ1) is 24.4. The Kier molecular flexibility index (Phi) is 7.79. The zero-order valence-electron chi connectivity index (χ0n) is 20.3. The summed E-state index contributed by atoms with van der Waals surface area (Å²) in [4.78, 5) is 13.2. The molecule has 176 valence electrons. The molecule has 2 aromatic rings. The standard InChI is InChI=1S/C27H35N3O3/c1-6-29-24-11-7-8-12-25(24)33-26(29)13-9-10-17-27(4,5)22-19-21(30(31)32)14-15-23(22)28-18-16-20(2)3/h7-15,19-20,28H,6,16-18H2,1-5H3/b10-9+,26-13-. The van der Waals surface area contributed by atoms with Crippen LogP contribution in [-0.2, 0) is 5.41 Å². The molecule has 0 amide bonds. The number of para-hydroxylation sites is 2. The lowest BCUT2D eigenvalue weighted by Gasteiger charge is -2.27. The predicted molar refractivity (Wildman–Crippen MR) is 136 cm³/mol. The molecule has 0 aromatic heterocycles. The number of non-ortho nitro benzene ring substituents is 1. The lowest BCUT2D eigenvalue weighted by Crippen LogP contribution is -2.20. The summed E-state index contributed by atoms with van der Waals surface area (Å²) >= 11 is 0. The summed E-state index contributed by atoms with van der Waals surface area (Å²) in [6.45, 7) is 12.4. The number of allylic oxidation sites excluding steroid dienone is 3. The zero-order valence-corrected chi connectivity index (χ0v) is 20.3. The summed E-state index contributed by atoms with van der Waals surface area (Å²) in [6.07, 6.45) is 7.87. The van der Waals surface area contributed by atoms with Gasteiger partial charge in [0.25, 0.3) is 5.69 Å². The van der Waals surface area contributed by atoms with Gasteiger partial charge >= 0.3 is 0 Å². The maximum atomic E-state index is 11.4. The van der Waals surface area contributed by atoms with Gasteiger partial charge in [0.2, 0.25) is 5.88 Å². The van der Waals surface area contributed by atoms with Gasteiger partial charge in [-0.15, -0.1) is 0 Å². The van der Waals surface area contributed by atoms with Crippen molar-refractivity contribution in [3.8, 4) is 5.75 Å². The van der Waals surface area contributed by atoms with Crippen LogP contribution in [0.5, 0.6) is 5.75 Å². The Labute approximate surface area is 197 Å². The molecular weight excluding hydrogens is 414 g/mol. The van der Waals surface area contributed by atoms with E-state index in [-0.39, 0.29) is 16.0 Å². The number of nitro benzene ring substituents is 1. The monoisotopic (exact) mass is 449 g/mol. The number of nitrogens with one attached hydrogen (secondary N) is 1. The Morgan fingerprint density at radius 1 is 1.21 bits per heavy atom. The van der Waals surface area contributed by atoms with E-state index in [9.17, 15) is 10.1 Å². The van der Waals surface area contributed by atoms with Gasteiger partial charge in [-0.1, -0.05) is 52.0 Å². The molecule has 0 aliphatic carbocycles. The summed E-state index contributed by atoms with van der Waals surface area (Å²) in [6, 6.07) is 13.1. The third kappa shape index (κ3) is 5.95. The molecule has 0 spiro atoms. The van der Waals surface area contributed by atoms with Crippen LogP contribution in [0, 0.1) is 16.0 Å². The van der Waals surface area contributed by atoms with Crippen LogP contribution in [0.2, 0.25) is 0 Å². The van der Waals surface area contributed by atoms with Crippen molar-refractivity contribution in [1.82, 2.24) is 0 Å². The van der Waals surface area contributed by atoms with Gasteiger partial charge < -0.3 is 15.0 Å². The predicted octanol–water partition coefficient (Wildman–Crippen LogP) is 7.04. The first-order valence-corrected chi connectivity index (χ1v) is 11.7. The molecule has 1 heterocycles. The van der Waals surface area contributed by atoms with Crippen molar-refractivity contribution in [3.63, 3.8) is 0 Å². The number of ether oxygens (including phenoxy) is 1. The highest BCUT2D eigenvalue weighted by Gasteiger charge is 2.26. The summed E-state index contributed by atoms with van der Waals surface area (Å²) in [5.74, 6) is 2.27. The molecule has 0 saturated carbocycles. The Bertz CT molecular complexity index is 1040. The fourth-order valence-corrected chi connectivity index (χ4v) is 3.98. The maximum absolute atomic E-state index is 11.4. The molecule has 0 radical (unpaired) electrons. The Hall–Kier alpha value is -3.28. The van der Waals surface area contributed by atoms with Gasteiger partial charge in [0.1, 0.15) is 0 Å². The fraction of sp³-hybridized carbons (Fsp3) is 0.407. The van der Waals surface area contributed by atoms with Crippen LogP contribution >= 0.6 is 0 Å². The minimum Gasteiger partial charge on any atom is -0.439 e. The number of hydrogen-bond donors (Lipinski definition) is 1. The van der Waals surface area contributed by atoms with Gasteiger partial charge in [0.05, 0.1) is 10.6 Å². The summed E-state index contributed by atoms with van der Waals surface area (Å²) < 4.78 is 6.00. The molecule has 1 aliphatic heterocycles. The molecule has 3 rings (SSSR count). The number of nitrogens with zero attached hydrogens (tertiary/aromatic N) is 2. The Morgan fingerprint density at radius 3 is 2.67 bits per heavy atom. The van der Waals surface area contributed by atoms with Crippen LogP contribution in [-0.4, -0.2) is 18.0 Å². The van der Waals surface area contributed by atoms with E-state index in [4.69, 9.17) is 4.74 Å². The van der Waals surface area contributed by atoms with E-state index in [0.717, 1.165) is 54.5 Å². The normalized spacial score (nSPS) is 14.7. The van der Waals surface area contributed by atoms with Crippen molar-refractivity contribution in [1.29, 1.82) is 0 Å². The highest BCUT2D eigenvalue weighted by atomic mass is 16.6. The molecule has 2 aromatic carbocycles. The summed E-state index contributed by atoms with van der Waals surface area (Å²) in [7, 11) is 0. The number of nitro groups is 1. The van der Waals surface area contributed by atoms with Crippen molar-refractivity contribution >= 4 is 17.1 Å². The van der Waals surface area contributed by atoms with Crippen LogP contribution in [0.25, 0.3) is 0 Å². The largest absolute Gasteiger partial charge is 0.439 e. The van der Waals surface area contributed by atoms with Crippen LogP contribution in [0.3, 0.4) is 0 Å². The third-order valence-corrected chi connectivity index (χ3v) is 5.94. The molecule has 0 fully saturated rings. The van der Waals surface area contributed by atoms with Gasteiger partial charge in [0.15, 0.2) is 5.75 Å². The fourth-order valence-electron chi connectivity index (χ4n) is 3.98. The topological polar surface area (TPSA) is 67.6 Å². The van der Waals surface area contributed by atoms with E-state index in [1.54, 1.807) is 12.1 Å². The number of rotatable bonds is 10. The van der Waals surface area contributed by atoms with E-state index >= 15 is 0 Å². The number of hydrogen-bond acceptors (Lipinski definition) is 5. The smallest absolute Gasteiger partial charge is 0.269 e. The quantitative estimate of drug-likeness (QED) is 0.311. The maximum Gasteiger partial charge on any atom is 0.269 e. The number of benzene rings is 2. The van der Waals surface area contributed by atoms with Crippen LogP contribution in [0.1, 0.15) is 53.0 Å². The first-order valence-electron chi connectivity index (χ1n) is 11.7. The zero-order chi connectivity index (χ0) is 24.0. The van der Waals surface area contributed by atoms with Gasteiger partial charge in [-0.3, -0.25) is 10.1 Å². The molecule has 1 N–H and O–H groups in total. The molecule has 6 heteroatoms. The van der Waals surface area contributed by atoms with Gasteiger partial charge in [-0.2, -0.15) is 0 Å². The average molecular weight is 450 g/mol. The van der Waals surface area contributed by atoms with Gasteiger partial charge in [-0.05, 0) is 60.9 Å². The van der Waals surface area contributed by atoms with E-state index in [2.05, 4.69) is 57.0 Å². The third-order valence-electron chi connectivity index (χ3n) is 5.94. The second kappa shape index (κ2) is 10.6. The van der Waals surface area contributed by atoms with Crippen LogP contribution < -0.4 is 15.0 Å². The summed E-state index contributed by atoms with van der Waals surface area (Å²) in [5.41, 5.74) is 2.83.